The van der Waals surface area contributed by atoms with Gasteiger partial charge in [0.25, 0.3) is 0 Å². The van der Waals surface area contributed by atoms with Crippen LogP contribution in [-0.2, 0) is 4.79 Å². The molecule has 1 saturated heterocycles. The highest BCUT2D eigenvalue weighted by Gasteiger charge is 2.20. The molecule has 1 fully saturated rings. The van der Waals surface area contributed by atoms with Crippen molar-refractivity contribution in [2.75, 3.05) is 43.9 Å². The summed E-state index contributed by atoms with van der Waals surface area (Å²) >= 11 is 5.81. The van der Waals surface area contributed by atoms with Crippen LogP contribution in [0.25, 0.3) is 0 Å². The van der Waals surface area contributed by atoms with Gasteiger partial charge in [-0.1, -0.05) is 0 Å². The van der Waals surface area contributed by atoms with Crippen molar-refractivity contribution < 1.29 is 4.79 Å². The third-order valence-corrected chi connectivity index (χ3v) is 3.16. The van der Waals surface area contributed by atoms with E-state index in [4.69, 9.17) is 11.6 Å². The van der Waals surface area contributed by atoms with Gasteiger partial charge in [0.2, 0.25) is 23.1 Å². The van der Waals surface area contributed by atoms with Gasteiger partial charge < -0.3 is 15.1 Å². The van der Waals surface area contributed by atoms with E-state index in [1.807, 2.05) is 4.90 Å². The zero-order valence-corrected chi connectivity index (χ0v) is 11.8. The van der Waals surface area contributed by atoms with Crippen LogP contribution in [0, 0.1) is 0 Å². The summed E-state index contributed by atoms with van der Waals surface area (Å²) in [6.45, 7) is 1.92. The molecule has 7 nitrogen and oxygen atoms in total. The summed E-state index contributed by atoms with van der Waals surface area (Å²) in [4.78, 5) is 27.7. The SMILES string of the molecule is CNc1nc(Cl)nc(N(C)CC(=O)N2CCCC2)n1. The number of hydrogen-bond donors (Lipinski definition) is 1. The van der Waals surface area contributed by atoms with Crippen LogP contribution in [0.4, 0.5) is 11.9 Å². The molecule has 1 aromatic heterocycles. The first-order valence-electron chi connectivity index (χ1n) is 6.18. The number of amides is 1. The summed E-state index contributed by atoms with van der Waals surface area (Å²) in [7, 11) is 3.46. The number of anilines is 2. The van der Waals surface area contributed by atoms with Crippen LogP contribution in [0.15, 0.2) is 0 Å². The van der Waals surface area contributed by atoms with Gasteiger partial charge in [-0.3, -0.25) is 4.79 Å². The Kier molecular flexibility index (Phi) is 4.36. The van der Waals surface area contributed by atoms with Gasteiger partial charge in [0, 0.05) is 27.2 Å². The molecule has 2 heterocycles. The van der Waals surface area contributed by atoms with Crippen molar-refractivity contribution in [1.29, 1.82) is 0 Å². The van der Waals surface area contributed by atoms with E-state index in [0.29, 0.717) is 11.9 Å². The van der Waals surface area contributed by atoms with Crippen LogP contribution in [0.1, 0.15) is 12.8 Å². The summed E-state index contributed by atoms with van der Waals surface area (Å²) in [5, 5.41) is 2.91. The molecule has 1 aromatic rings. The van der Waals surface area contributed by atoms with Gasteiger partial charge >= 0.3 is 0 Å². The lowest BCUT2D eigenvalue weighted by Gasteiger charge is -2.21. The summed E-state index contributed by atoms with van der Waals surface area (Å²) in [5.74, 6) is 0.856. The monoisotopic (exact) mass is 284 g/mol. The molecule has 104 valence electrons. The highest BCUT2D eigenvalue weighted by atomic mass is 35.5. The number of carbonyl (C=O) groups excluding carboxylic acids is 1. The molecule has 0 radical (unpaired) electrons. The molecular formula is C11H17ClN6O. The first-order chi connectivity index (χ1) is 9.10. The fourth-order valence-electron chi connectivity index (χ4n) is 1.96. The maximum Gasteiger partial charge on any atom is 0.242 e. The number of nitrogens with one attached hydrogen (secondary N) is 1. The van der Waals surface area contributed by atoms with Gasteiger partial charge in [-0.15, -0.1) is 0 Å². The minimum Gasteiger partial charge on any atom is -0.357 e. The average Bonchev–Trinajstić information content (AvgIpc) is 2.91. The van der Waals surface area contributed by atoms with E-state index < -0.39 is 0 Å². The number of hydrogen-bond acceptors (Lipinski definition) is 6. The van der Waals surface area contributed by atoms with Gasteiger partial charge in [0.1, 0.15) is 0 Å². The van der Waals surface area contributed by atoms with Crippen LogP contribution in [0.5, 0.6) is 0 Å². The molecule has 1 aliphatic heterocycles. The molecule has 0 atom stereocenters. The molecule has 1 amide bonds. The molecule has 1 aliphatic rings. The average molecular weight is 285 g/mol. The highest BCUT2D eigenvalue weighted by Crippen LogP contribution is 2.13. The van der Waals surface area contributed by atoms with E-state index in [1.165, 1.54) is 0 Å². The fraction of sp³-hybridized carbons (Fsp3) is 0.636. The molecule has 1 N–H and O–H groups in total. The van der Waals surface area contributed by atoms with Crippen LogP contribution < -0.4 is 10.2 Å². The standard InChI is InChI=1S/C11H17ClN6O/c1-13-10-14-9(12)15-11(16-10)17(2)7-8(19)18-5-3-4-6-18/h3-7H2,1-2H3,(H,13,14,15,16). The van der Waals surface area contributed by atoms with Crippen molar-refractivity contribution in [3.63, 3.8) is 0 Å². The summed E-state index contributed by atoms with van der Waals surface area (Å²) in [6, 6.07) is 0. The second-order valence-electron chi connectivity index (χ2n) is 4.42. The van der Waals surface area contributed by atoms with Crippen molar-refractivity contribution in [2.24, 2.45) is 0 Å². The van der Waals surface area contributed by atoms with Crippen molar-refractivity contribution in [3.8, 4) is 0 Å². The second kappa shape index (κ2) is 6.01. The van der Waals surface area contributed by atoms with Crippen molar-refractivity contribution >= 4 is 29.4 Å². The predicted octanol–water partition coefficient (Wildman–Crippen LogP) is 0.625. The van der Waals surface area contributed by atoms with E-state index >= 15 is 0 Å². The third kappa shape index (κ3) is 3.44. The minimum atomic E-state index is 0.0857. The number of halogens is 1. The quantitative estimate of drug-likeness (QED) is 0.874. The molecule has 0 saturated carbocycles. The summed E-state index contributed by atoms with van der Waals surface area (Å²) in [6.07, 6.45) is 2.16. The molecule has 0 aliphatic carbocycles. The van der Waals surface area contributed by atoms with Crippen LogP contribution in [0.3, 0.4) is 0 Å². The van der Waals surface area contributed by atoms with E-state index in [9.17, 15) is 4.79 Å². The van der Waals surface area contributed by atoms with Gasteiger partial charge in [-0.2, -0.15) is 15.0 Å². The Morgan fingerprint density at radius 1 is 1.37 bits per heavy atom. The highest BCUT2D eigenvalue weighted by molar-refractivity contribution is 6.28. The number of rotatable bonds is 4. The maximum atomic E-state index is 12.0. The van der Waals surface area contributed by atoms with Gasteiger partial charge in [-0.05, 0) is 24.4 Å². The number of nitrogens with zero attached hydrogens (tertiary/aromatic N) is 5. The Labute approximate surface area is 117 Å². The molecular weight excluding hydrogens is 268 g/mol. The Bertz CT molecular complexity index is 462. The Balaban J connectivity index is 2.04. The van der Waals surface area contributed by atoms with E-state index in [2.05, 4.69) is 20.3 Å². The maximum absolute atomic E-state index is 12.0. The van der Waals surface area contributed by atoms with Gasteiger partial charge in [0.05, 0.1) is 6.54 Å². The first kappa shape index (κ1) is 13.8. The normalized spacial score (nSPS) is 14.6. The smallest absolute Gasteiger partial charge is 0.242 e. The van der Waals surface area contributed by atoms with Crippen LogP contribution in [0.2, 0.25) is 5.28 Å². The van der Waals surface area contributed by atoms with Crippen LogP contribution in [-0.4, -0.2) is 59.5 Å². The lowest BCUT2D eigenvalue weighted by atomic mass is 10.4. The molecule has 8 heteroatoms. The van der Waals surface area contributed by atoms with Gasteiger partial charge in [0.15, 0.2) is 0 Å². The Hall–Kier alpha value is -1.63. The zero-order valence-electron chi connectivity index (χ0n) is 11.1. The van der Waals surface area contributed by atoms with E-state index in [0.717, 1.165) is 25.9 Å². The van der Waals surface area contributed by atoms with E-state index in [1.54, 1.807) is 19.0 Å². The molecule has 0 bridgehead atoms. The number of aromatic nitrogens is 3. The van der Waals surface area contributed by atoms with Crippen molar-refractivity contribution in [3.05, 3.63) is 5.28 Å². The van der Waals surface area contributed by atoms with E-state index in [-0.39, 0.29) is 17.7 Å². The number of likely N-dealkylation sites (tertiary alicyclic amines) is 1. The fourth-order valence-corrected chi connectivity index (χ4v) is 2.12. The first-order valence-corrected chi connectivity index (χ1v) is 6.56. The zero-order chi connectivity index (χ0) is 13.8. The molecule has 19 heavy (non-hydrogen) atoms. The van der Waals surface area contributed by atoms with Crippen molar-refractivity contribution in [2.45, 2.75) is 12.8 Å². The Morgan fingerprint density at radius 3 is 2.68 bits per heavy atom. The lowest BCUT2D eigenvalue weighted by Crippen LogP contribution is -2.38. The second-order valence-corrected chi connectivity index (χ2v) is 4.76. The molecule has 2 rings (SSSR count). The minimum absolute atomic E-state index is 0.0857. The largest absolute Gasteiger partial charge is 0.357 e. The van der Waals surface area contributed by atoms with Crippen molar-refractivity contribution in [1.82, 2.24) is 19.9 Å². The molecule has 0 aromatic carbocycles. The Morgan fingerprint density at radius 2 is 2.05 bits per heavy atom. The molecule has 0 spiro atoms. The lowest BCUT2D eigenvalue weighted by molar-refractivity contribution is -0.128. The predicted molar refractivity (Wildman–Crippen MR) is 73.5 cm³/mol. The number of carbonyl (C=O) groups is 1. The third-order valence-electron chi connectivity index (χ3n) is 2.99. The number of likely N-dealkylation sites (N-methyl/N-ethyl adjacent to an activating group) is 1. The topological polar surface area (TPSA) is 74.2 Å². The van der Waals surface area contributed by atoms with Gasteiger partial charge in [-0.25, -0.2) is 0 Å². The van der Waals surface area contributed by atoms with Crippen LogP contribution >= 0.6 is 11.6 Å². The molecule has 0 unspecified atom stereocenters. The summed E-state index contributed by atoms with van der Waals surface area (Å²) < 4.78 is 0. The summed E-state index contributed by atoms with van der Waals surface area (Å²) in [5.41, 5.74) is 0.